The maximum atomic E-state index is 5.68. The molecule has 1 aromatic heterocycles. The first-order valence-corrected chi connectivity index (χ1v) is 5.74. The van der Waals surface area contributed by atoms with Gasteiger partial charge in [0.05, 0.1) is 21.6 Å². The highest BCUT2D eigenvalue weighted by molar-refractivity contribution is 8.00. The number of thioether (sulfide) groups is 1. The van der Waals surface area contributed by atoms with Crippen LogP contribution in [0.2, 0.25) is 0 Å². The lowest BCUT2D eigenvalue weighted by atomic mass is 10.2. The molecule has 13 heavy (non-hydrogen) atoms. The van der Waals surface area contributed by atoms with E-state index in [-0.39, 0.29) is 0 Å². The van der Waals surface area contributed by atoms with Crippen LogP contribution >= 0.6 is 23.1 Å². The molecule has 0 saturated carbocycles. The Balaban J connectivity index is 2.70. The first-order chi connectivity index (χ1) is 6.20. The number of nitrogens with zero attached hydrogens (tertiary/aromatic N) is 1. The van der Waals surface area contributed by atoms with Crippen LogP contribution < -0.4 is 11.5 Å². The molecule has 0 bridgehead atoms. The predicted molar refractivity (Wildman–Crippen MR) is 60.2 cm³/mol. The van der Waals surface area contributed by atoms with Crippen molar-refractivity contribution < 1.29 is 0 Å². The van der Waals surface area contributed by atoms with Crippen LogP contribution in [0.25, 0.3) is 10.2 Å². The molecule has 5 heteroatoms. The number of hydrogen-bond acceptors (Lipinski definition) is 5. The second kappa shape index (κ2) is 3.08. The summed E-state index contributed by atoms with van der Waals surface area (Å²) in [5.41, 5.74) is 13.5. The van der Waals surface area contributed by atoms with Crippen molar-refractivity contribution in [1.29, 1.82) is 0 Å². The number of nitrogens with two attached hydrogens (primary N) is 2. The third kappa shape index (κ3) is 1.45. The number of fused-ring (bicyclic) bond motifs is 1. The van der Waals surface area contributed by atoms with E-state index in [1.165, 1.54) is 0 Å². The molecule has 0 aliphatic carbocycles. The Morgan fingerprint density at radius 3 is 2.69 bits per heavy atom. The van der Waals surface area contributed by atoms with Gasteiger partial charge < -0.3 is 11.5 Å². The number of aromatic nitrogens is 1. The number of anilines is 2. The summed E-state index contributed by atoms with van der Waals surface area (Å²) in [5, 5.41) is 0. The molecule has 0 spiro atoms. The Morgan fingerprint density at radius 2 is 2.00 bits per heavy atom. The van der Waals surface area contributed by atoms with Crippen molar-refractivity contribution in [3.05, 3.63) is 12.1 Å². The Labute approximate surface area is 84.1 Å². The molecule has 0 unspecified atom stereocenters. The van der Waals surface area contributed by atoms with E-state index in [0.29, 0.717) is 11.4 Å². The standard InChI is InChI=1S/C8H9N3S2/c1-12-8-11-6-2-4(9)5(10)3-7(6)13-8/h2-3H,9-10H2,1H3. The number of nitrogen functional groups attached to an aromatic ring is 2. The Morgan fingerprint density at radius 1 is 1.31 bits per heavy atom. The monoisotopic (exact) mass is 211 g/mol. The van der Waals surface area contributed by atoms with E-state index in [2.05, 4.69) is 4.98 Å². The van der Waals surface area contributed by atoms with E-state index in [1.807, 2.05) is 18.4 Å². The van der Waals surface area contributed by atoms with E-state index in [9.17, 15) is 0 Å². The normalized spacial score (nSPS) is 10.8. The topological polar surface area (TPSA) is 64.9 Å². The molecule has 0 saturated heterocycles. The van der Waals surface area contributed by atoms with Crippen molar-refractivity contribution in [3.63, 3.8) is 0 Å². The zero-order valence-corrected chi connectivity index (χ0v) is 8.71. The van der Waals surface area contributed by atoms with E-state index in [0.717, 1.165) is 14.6 Å². The minimum Gasteiger partial charge on any atom is -0.397 e. The minimum atomic E-state index is 0.602. The van der Waals surface area contributed by atoms with Crippen molar-refractivity contribution in [2.45, 2.75) is 4.34 Å². The molecule has 0 atom stereocenters. The highest BCUT2D eigenvalue weighted by atomic mass is 32.2. The zero-order chi connectivity index (χ0) is 9.42. The van der Waals surface area contributed by atoms with Gasteiger partial charge in [0.1, 0.15) is 0 Å². The summed E-state index contributed by atoms with van der Waals surface area (Å²) in [5.74, 6) is 0. The third-order valence-corrected chi connectivity index (χ3v) is 3.75. The van der Waals surface area contributed by atoms with E-state index in [1.54, 1.807) is 23.1 Å². The fourth-order valence-corrected chi connectivity index (χ4v) is 2.59. The van der Waals surface area contributed by atoms with E-state index >= 15 is 0 Å². The van der Waals surface area contributed by atoms with Crippen LogP contribution in [0.3, 0.4) is 0 Å². The quantitative estimate of drug-likeness (QED) is 0.560. The van der Waals surface area contributed by atoms with Gasteiger partial charge in [-0.1, -0.05) is 11.8 Å². The van der Waals surface area contributed by atoms with Crippen LogP contribution in [0.4, 0.5) is 11.4 Å². The molecule has 68 valence electrons. The average Bonchev–Trinajstić information content (AvgIpc) is 2.48. The zero-order valence-electron chi connectivity index (χ0n) is 7.07. The number of benzene rings is 1. The highest BCUT2D eigenvalue weighted by Gasteiger charge is 2.04. The SMILES string of the molecule is CSc1nc2cc(N)c(N)cc2s1. The molecule has 0 amide bonds. The van der Waals surface area contributed by atoms with Gasteiger partial charge in [-0.05, 0) is 18.4 Å². The second-order valence-electron chi connectivity index (χ2n) is 2.63. The van der Waals surface area contributed by atoms with E-state index < -0.39 is 0 Å². The predicted octanol–water partition coefficient (Wildman–Crippen LogP) is 2.18. The fourth-order valence-electron chi connectivity index (χ4n) is 1.07. The van der Waals surface area contributed by atoms with Crippen LogP contribution in [0.5, 0.6) is 0 Å². The van der Waals surface area contributed by atoms with Crippen molar-refractivity contribution in [3.8, 4) is 0 Å². The van der Waals surface area contributed by atoms with Crippen LogP contribution in [0, 0.1) is 0 Å². The van der Waals surface area contributed by atoms with Crippen molar-refractivity contribution in [2.75, 3.05) is 17.7 Å². The molecule has 2 aromatic rings. The molecule has 0 radical (unpaired) electrons. The Kier molecular flexibility index (Phi) is 2.05. The largest absolute Gasteiger partial charge is 0.397 e. The van der Waals surface area contributed by atoms with Gasteiger partial charge in [0.2, 0.25) is 0 Å². The number of rotatable bonds is 1. The summed E-state index contributed by atoms with van der Waals surface area (Å²) in [6, 6.07) is 3.70. The van der Waals surface area contributed by atoms with Gasteiger partial charge in [-0.2, -0.15) is 0 Å². The Hall–Kier alpha value is -0.940. The summed E-state index contributed by atoms with van der Waals surface area (Å²) >= 11 is 3.27. The molecule has 0 aliphatic heterocycles. The third-order valence-electron chi connectivity index (χ3n) is 1.75. The van der Waals surface area contributed by atoms with Gasteiger partial charge in [0.25, 0.3) is 0 Å². The van der Waals surface area contributed by atoms with E-state index in [4.69, 9.17) is 11.5 Å². The fraction of sp³-hybridized carbons (Fsp3) is 0.125. The van der Waals surface area contributed by atoms with Gasteiger partial charge in [0.15, 0.2) is 4.34 Å². The molecular formula is C8H9N3S2. The molecule has 3 nitrogen and oxygen atoms in total. The van der Waals surface area contributed by atoms with Crippen molar-refractivity contribution >= 4 is 44.7 Å². The number of thiazole rings is 1. The maximum absolute atomic E-state index is 5.68. The summed E-state index contributed by atoms with van der Waals surface area (Å²) in [6.45, 7) is 0. The smallest absolute Gasteiger partial charge is 0.150 e. The van der Waals surface area contributed by atoms with Crippen LogP contribution in [0.1, 0.15) is 0 Å². The molecule has 2 rings (SSSR count). The van der Waals surface area contributed by atoms with Gasteiger partial charge in [-0.25, -0.2) is 4.98 Å². The lowest BCUT2D eigenvalue weighted by molar-refractivity contribution is 1.31. The summed E-state index contributed by atoms with van der Waals surface area (Å²) < 4.78 is 2.14. The lowest BCUT2D eigenvalue weighted by Crippen LogP contribution is -1.93. The molecule has 4 N–H and O–H groups in total. The Bertz CT molecular complexity index is 411. The highest BCUT2D eigenvalue weighted by Crippen LogP contribution is 2.31. The summed E-state index contributed by atoms with van der Waals surface area (Å²) in [6.07, 6.45) is 2.00. The molecule has 0 fully saturated rings. The average molecular weight is 211 g/mol. The first-order valence-electron chi connectivity index (χ1n) is 3.70. The van der Waals surface area contributed by atoms with Crippen LogP contribution in [-0.4, -0.2) is 11.2 Å². The molecule has 1 aromatic carbocycles. The summed E-state index contributed by atoms with van der Waals surface area (Å²) in [4.78, 5) is 4.38. The van der Waals surface area contributed by atoms with Crippen molar-refractivity contribution in [2.24, 2.45) is 0 Å². The van der Waals surface area contributed by atoms with Gasteiger partial charge in [-0.3, -0.25) is 0 Å². The van der Waals surface area contributed by atoms with Crippen molar-refractivity contribution in [1.82, 2.24) is 4.98 Å². The molecule has 1 heterocycles. The lowest BCUT2D eigenvalue weighted by Gasteiger charge is -1.97. The van der Waals surface area contributed by atoms with Gasteiger partial charge in [0, 0.05) is 0 Å². The second-order valence-corrected chi connectivity index (χ2v) is 4.72. The molecular weight excluding hydrogens is 202 g/mol. The first kappa shape index (κ1) is 8.65. The maximum Gasteiger partial charge on any atom is 0.150 e. The van der Waals surface area contributed by atoms with Crippen LogP contribution in [-0.2, 0) is 0 Å². The summed E-state index contributed by atoms with van der Waals surface area (Å²) in [7, 11) is 0. The molecule has 0 aliphatic rings. The van der Waals surface area contributed by atoms with Crippen LogP contribution in [0.15, 0.2) is 16.5 Å². The minimum absolute atomic E-state index is 0.602. The van der Waals surface area contributed by atoms with Gasteiger partial charge >= 0.3 is 0 Å². The number of hydrogen-bond donors (Lipinski definition) is 2. The van der Waals surface area contributed by atoms with Gasteiger partial charge in [-0.15, -0.1) is 11.3 Å².